The number of nitrogens with one attached hydrogen (secondary N) is 1. The predicted molar refractivity (Wildman–Crippen MR) is 65.2 cm³/mol. The first-order valence-corrected chi connectivity index (χ1v) is 6.10. The molecule has 82 valence electrons. The molecule has 3 unspecified atom stereocenters. The Kier molecular flexibility index (Phi) is 3.32. The molecule has 0 bridgehead atoms. The van der Waals surface area contributed by atoms with Crippen molar-refractivity contribution in [3.8, 4) is 0 Å². The van der Waals surface area contributed by atoms with Gasteiger partial charge in [-0.2, -0.15) is 0 Å². The summed E-state index contributed by atoms with van der Waals surface area (Å²) in [5.41, 5.74) is 1.35. The molecule has 2 heteroatoms. The van der Waals surface area contributed by atoms with E-state index < -0.39 is 0 Å². The Labute approximate surface area is 96.8 Å². The fourth-order valence-corrected chi connectivity index (χ4v) is 2.08. The molecule has 1 aromatic rings. The highest BCUT2D eigenvalue weighted by Gasteiger charge is 2.33. The van der Waals surface area contributed by atoms with Gasteiger partial charge >= 0.3 is 0 Å². The lowest BCUT2D eigenvalue weighted by Gasteiger charge is -2.17. The van der Waals surface area contributed by atoms with E-state index in [1.807, 2.05) is 12.1 Å². The zero-order chi connectivity index (χ0) is 10.8. The molecule has 0 aromatic heterocycles. The molecular formula is C13H18ClN. The van der Waals surface area contributed by atoms with Gasteiger partial charge in [0.15, 0.2) is 0 Å². The van der Waals surface area contributed by atoms with Crippen molar-refractivity contribution >= 4 is 11.6 Å². The Morgan fingerprint density at radius 3 is 2.47 bits per heavy atom. The third-order valence-corrected chi connectivity index (χ3v) is 3.46. The monoisotopic (exact) mass is 223 g/mol. The first-order chi connectivity index (χ1) is 7.20. The van der Waals surface area contributed by atoms with Crippen LogP contribution in [0.25, 0.3) is 0 Å². The molecule has 0 aliphatic heterocycles. The van der Waals surface area contributed by atoms with Crippen LogP contribution in [-0.4, -0.2) is 6.04 Å². The molecule has 1 N–H and O–H groups in total. The molecule has 1 saturated carbocycles. The summed E-state index contributed by atoms with van der Waals surface area (Å²) in [5, 5.41) is 4.50. The van der Waals surface area contributed by atoms with Crippen LogP contribution in [0.1, 0.15) is 38.3 Å². The van der Waals surface area contributed by atoms with Gasteiger partial charge in [0.05, 0.1) is 0 Å². The molecule has 2 rings (SSSR count). The number of benzene rings is 1. The standard InChI is InChI=1S/C13H18ClN/c1-3-12(15-13-8-9(13)2)10-4-6-11(14)7-5-10/h4-7,9,12-13,15H,3,8H2,1-2H3. The van der Waals surface area contributed by atoms with Gasteiger partial charge in [-0.1, -0.05) is 37.6 Å². The van der Waals surface area contributed by atoms with Crippen molar-refractivity contribution in [2.75, 3.05) is 0 Å². The van der Waals surface area contributed by atoms with Gasteiger partial charge in [-0.15, -0.1) is 0 Å². The minimum atomic E-state index is 0.484. The Bertz CT molecular complexity index is 320. The molecule has 0 saturated heterocycles. The third kappa shape index (κ3) is 2.73. The average Bonchev–Trinajstić information content (AvgIpc) is 2.92. The van der Waals surface area contributed by atoms with Crippen molar-refractivity contribution in [1.82, 2.24) is 5.32 Å². The molecule has 0 radical (unpaired) electrons. The SMILES string of the molecule is CCC(NC1CC1C)c1ccc(Cl)cc1. The zero-order valence-electron chi connectivity index (χ0n) is 9.33. The van der Waals surface area contributed by atoms with Crippen molar-refractivity contribution < 1.29 is 0 Å². The summed E-state index contributed by atoms with van der Waals surface area (Å²) < 4.78 is 0. The van der Waals surface area contributed by atoms with Crippen LogP contribution in [0.2, 0.25) is 5.02 Å². The van der Waals surface area contributed by atoms with Crippen LogP contribution in [0.15, 0.2) is 24.3 Å². The average molecular weight is 224 g/mol. The van der Waals surface area contributed by atoms with Crippen LogP contribution < -0.4 is 5.32 Å². The van der Waals surface area contributed by atoms with Crippen molar-refractivity contribution in [2.45, 2.75) is 38.8 Å². The lowest BCUT2D eigenvalue weighted by Crippen LogP contribution is -2.23. The van der Waals surface area contributed by atoms with Crippen molar-refractivity contribution in [1.29, 1.82) is 0 Å². The van der Waals surface area contributed by atoms with Crippen LogP contribution in [0.4, 0.5) is 0 Å². The minimum absolute atomic E-state index is 0.484. The second-order valence-corrected chi connectivity index (χ2v) is 4.93. The van der Waals surface area contributed by atoms with E-state index in [4.69, 9.17) is 11.6 Å². The Hall–Kier alpha value is -0.530. The molecule has 0 heterocycles. The van der Waals surface area contributed by atoms with Gasteiger partial charge in [0.2, 0.25) is 0 Å². The van der Waals surface area contributed by atoms with Crippen molar-refractivity contribution in [2.24, 2.45) is 5.92 Å². The second kappa shape index (κ2) is 4.54. The summed E-state index contributed by atoms with van der Waals surface area (Å²) in [6.45, 7) is 4.52. The highest BCUT2D eigenvalue weighted by Crippen LogP contribution is 2.32. The van der Waals surface area contributed by atoms with Crippen molar-refractivity contribution in [3.63, 3.8) is 0 Å². The fourth-order valence-electron chi connectivity index (χ4n) is 1.96. The highest BCUT2D eigenvalue weighted by molar-refractivity contribution is 6.30. The summed E-state index contributed by atoms with van der Waals surface area (Å²) in [5.74, 6) is 0.853. The van der Waals surface area contributed by atoms with E-state index in [2.05, 4.69) is 31.3 Å². The van der Waals surface area contributed by atoms with Crippen LogP contribution in [0, 0.1) is 5.92 Å². The van der Waals surface area contributed by atoms with Gasteiger partial charge < -0.3 is 5.32 Å². The van der Waals surface area contributed by atoms with Crippen LogP contribution in [0.5, 0.6) is 0 Å². The predicted octanol–water partition coefficient (Wildman–Crippen LogP) is 3.79. The lowest BCUT2D eigenvalue weighted by atomic mass is 10.0. The first kappa shape index (κ1) is 11.0. The number of hydrogen-bond acceptors (Lipinski definition) is 1. The molecule has 0 spiro atoms. The van der Waals surface area contributed by atoms with E-state index in [-0.39, 0.29) is 0 Å². The van der Waals surface area contributed by atoms with E-state index in [0.29, 0.717) is 6.04 Å². The summed E-state index contributed by atoms with van der Waals surface area (Å²) >= 11 is 5.88. The summed E-state index contributed by atoms with van der Waals surface area (Å²) in [6.07, 6.45) is 2.45. The first-order valence-electron chi connectivity index (χ1n) is 5.72. The number of hydrogen-bond donors (Lipinski definition) is 1. The summed E-state index contributed by atoms with van der Waals surface area (Å²) in [6, 6.07) is 9.39. The Balaban J connectivity index is 2.02. The van der Waals surface area contributed by atoms with Gasteiger partial charge in [-0.05, 0) is 36.5 Å². The van der Waals surface area contributed by atoms with Crippen molar-refractivity contribution in [3.05, 3.63) is 34.9 Å². The maximum absolute atomic E-state index is 5.88. The molecule has 0 amide bonds. The fraction of sp³-hybridized carbons (Fsp3) is 0.538. The van der Waals surface area contributed by atoms with Gasteiger partial charge in [0, 0.05) is 17.1 Å². The normalized spacial score (nSPS) is 26.3. The van der Waals surface area contributed by atoms with Crippen LogP contribution >= 0.6 is 11.6 Å². The van der Waals surface area contributed by atoms with E-state index in [0.717, 1.165) is 23.4 Å². The quantitative estimate of drug-likeness (QED) is 0.819. The molecule has 3 atom stereocenters. The molecule has 1 aliphatic carbocycles. The summed E-state index contributed by atoms with van der Waals surface area (Å²) in [7, 11) is 0. The molecule has 1 fully saturated rings. The molecule has 1 nitrogen and oxygen atoms in total. The Morgan fingerprint density at radius 1 is 1.40 bits per heavy atom. The topological polar surface area (TPSA) is 12.0 Å². The Morgan fingerprint density at radius 2 is 2.00 bits per heavy atom. The number of halogens is 1. The van der Waals surface area contributed by atoms with Crippen LogP contribution in [-0.2, 0) is 0 Å². The largest absolute Gasteiger partial charge is 0.307 e. The van der Waals surface area contributed by atoms with Gasteiger partial charge in [-0.3, -0.25) is 0 Å². The molecule has 15 heavy (non-hydrogen) atoms. The third-order valence-electron chi connectivity index (χ3n) is 3.21. The van der Waals surface area contributed by atoms with E-state index in [1.54, 1.807) is 0 Å². The smallest absolute Gasteiger partial charge is 0.0406 e. The van der Waals surface area contributed by atoms with Gasteiger partial charge in [0.25, 0.3) is 0 Å². The van der Waals surface area contributed by atoms with Crippen LogP contribution in [0.3, 0.4) is 0 Å². The highest BCUT2D eigenvalue weighted by atomic mass is 35.5. The van der Waals surface area contributed by atoms with E-state index in [1.165, 1.54) is 12.0 Å². The molecule has 1 aromatic carbocycles. The minimum Gasteiger partial charge on any atom is -0.307 e. The lowest BCUT2D eigenvalue weighted by molar-refractivity contribution is 0.502. The number of rotatable bonds is 4. The van der Waals surface area contributed by atoms with Gasteiger partial charge in [-0.25, -0.2) is 0 Å². The van der Waals surface area contributed by atoms with Gasteiger partial charge in [0.1, 0.15) is 0 Å². The second-order valence-electron chi connectivity index (χ2n) is 4.50. The maximum Gasteiger partial charge on any atom is 0.0406 e. The molecule has 1 aliphatic rings. The summed E-state index contributed by atoms with van der Waals surface area (Å²) in [4.78, 5) is 0. The van der Waals surface area contributed by atoms with E-state index in [9.17, 15) is 0 Å². The molecular weight excluding hydrogens is 206 g/mol. The zero-order valence-corrected chi connectivity index (χ0v) is 10.1. The van der Waals surface area contributed by atoms with E-state index >= 15 is 0 Å². The maximum atomic E-state index is 5.88.